The third-order valence-electron chi connectivity index (χ3n) is 8.66. The topological polar surface area (TPSA) is 124 Å². The summed E-state index contributed by atoms with van der Waals surface area (Å²) in [6, 6.07) is 39.3. The van der Waals surface area contributed by atoms with Crippen molar-refractivity contribution in [1.82, 2.24) is 4.72 Å². The van der Waals surface area contributed by atoms with Crippen LogP contribution in [-0.4, -0.2) is 46.3 Å². The summed E-state index contributed by atoms with van der Waals surface area (Å²) in [6.07, 6.45) is 0. The highest BCUT2D eigenvalue weighted by Crippen LogP contribution is 2.38. The predicted molar refractivity (Wildman–Crippen MR) is 202 cm³/mol. The number of halogens is 1. The highest BCUT2D eigenvalue weighted by Gasteiger charge is 2.28. The summed E-state index contributed by atoms with van der Waals surface area (Å²) in [5, 5.41) is -0.937. The maximum absolute atomic E-state index is 13.0. The Morgan fingerprint density at radius 2 is 1.14 bits per heavy atom. The molecule has 0 aromatic heterocycles. The highest BCUT2D eigenvalue weighted by atomic mass is 35.5. The lowest BCUT2D eigenvalue weighted by Gasteiger charge is -2.26. The number of carbonyl (C=O) groups excluding carboxylic acids is 1. The van der Waals surface area contributed by atoms with Crippen molar-refractivity contribution in [2.24, 2.45) is 0 Å². The summed E-state index contributed by atoms with van der Waals surface area (Å²) in [5.74, 6) is -0.715. The first-order chi connectivity index (χ1) is 24.4. The number of nitrogens with zero attached hydrogens (tertiary/aromatic N) is 2. The van der Waals surface area contributed by atoms with Gasteiger partial charge in [0.1, 0.15) is 0 Å². The highest BCUT2D eigenvalue weighted by molar-refractivity contribution is 7.89. The Labute approximate surface area is 305 Å². The van der Waals surface area contributed by atoms with Crippen LogP contribution in [0.3, 0.4) is 0 Å². The van der Waals surface area contributed by atoms with Crippen LogP contribution >= 0.6 is 11.6 Å². The third kappa shape index (κ3) is 9.63. The first-order valence-electron chi connectivity index (χ1n) is 16.5. The molecule has 12 heteroatoms. The minimum absolute atomic E-state index is 0.179. The molecule has 0 heterocycles. The van der Waals surface area contributed by atoms with Gasteiger partial charge >= 0.3 is 0 Å². The lowest BCUT2D eigenvalue weighted by atomic mass is 9.85. The maximum atomic E-state index is 13.0. The van der Waals surface area contributed by atoms with Gasteiger partial charge in [-0.15, -0.1) is 0 Å². The van der Waals surface area contributed by atoms with Crippen LogP contribution in [0.1, 0.15) is 47.6 Å². The molecule has 0 bridgehead atoms. The van der Waals surface area contributed by atoms with Gasteiger partial charge in [-0.2, -0.15) is 8.42 Å². The zero-order chi connectivity index (χ0) is 36.6. The number of sulfonamides is 1. The third-order valence-corrected chi connectivity index (χ3v) is 11.1. The van der Waals surface area contributed by atoms with E-state index in [1.165, 1.54) is 12.1 Å². The van der Waals surface area contributed by atoms with Gasteiger partial charge in [-0.3, -0.25) is 9.35 Å². The van der Waals surface area contributed by atoms with Crippen LogP contribution < -0.4 is 14.5 Å². The van der Waals surface area contributed by atoms with E-state index in [9.17, 15) is 26.2 Å². The van der Waals surface area contributed by atoms with Crippen LogP contribution in [0.25, 0.3) is 0 Å². The average Bonchev–Trinajstić information content (AvgIpc) is 3.13. The van der Waals surface area contributed by atoms with Gasteiger partial charge in [-0.05, 0) is 89.7 Å². The van der Waals surface area contributed by atoms with Gasteiger partial charge in [-0.25, -0.2) is 13.1 Å². The van der Waals surface area contributed by atoms with E-state index in [4.69, 9.17) is 11.6 Å². The number of hydrogen-bond donors (Lipinski definition) is 2. The second-order valence-electron chi connectivity index (χ2n) is 12.0. The SMILES string of the molecule is CCN(Cc1ccccc1)c1ccc(C(c2ccc(N(CC)Cc3ccccc3)cc2)c2ccc(S(=O)(=O)NCC(=O)Cl)cc2S(=O)(=O)O)cc1. The summed E-state index contributed by atoms with van der Waals surface area (Å²) in [7, 11) is -9.27. The Morgan fingerprint density at radius 3 is 1.53 bits per heavy atom. The summed E-state index contributed by atoms with van der Waals surface area (Å²) >= 11 is 5.33. The maximum Gasteiger partial charge on any atom is 0.294 e. The van der Waals surface area contributed by atoms with E-state index < -0.39 is 47.6 Å². The van der Waals surface area contributed by atoms with Crippen LogP contribution in [0.15, 0.2) is 137 Å². The van der Waals surface area contributed by atoms with Crippen molar-refractivity contribution in [1.29, 1.82) is 0 Å². The molecule has 2 N–H and O–H groups in total. The molecule has 0 aliphatic rings. The largest absolute Gasteiger partial charge is 0.367 e. The number of rotatable bonds is 16. The molecule has 9 nitrogen and oxygen atoms in total. The monoisotopic (exact) mass is 745 g/mol. The molecule has 51 heavy (non-hydrogen) atoms. The lowest BCUT2D eigenvalue weighted by molar-refractivity contribution is -0.110. The van der Waals surface area contributed by atoms with Crippen LogP contribution in [0, 0.1) is 0 Å². The fourth-order valence-electron chi connectivity index (χ4n) is 6.06. The van der Waals surface area contributed by atoms with E-state index in [0.29, 0.717) is 13.1 Å². The van der Waals surface area contributed by atoms with Crippen LogP contribution in [0.5, 0.6) is 0 Å². The molecule has 0 saturated carbocycles. The van der Waals surface area contributed by atoms with Gasteiger partial charge in [0.05, 0.1) is 16.3 Å². The van der Waals surface area contributed by atoms with Crippen molar-refractivity contribution in [2.75, 3.05) is 29.4 Å². The second kappa shape index (κ2) is 16.7. The zero-order valence-electron chi connectivity index (χ0n) is 28.3. The predicted octanol–water partition coefficient (Wildman–Crippen LogP) is 7.21. The molecule has 5 rings (SSSR count). The van der Waals surface area contributed by atoms with Crippen molar-refractivity contribution < 1.29 is 26.2 Å². The Morgan fingerprint density at radius 1 is 0.686 bits per heavy atom. The molecule has 0 saturated heterocycles. The number of nitrogens with one attached hydrogen (secondary N) is 1. The molecule has 5 aromatic carbocycles. The molecule has 0 atom stereocenters. The smallest absolute Gasteiger partial charge is 0.294 e. The van der Waals surface area contributed by atoms with E-state index in [1.807, 2.05) is 89.7 Å². The first kappa shape index (κ1) is 37.7. The molecule has 0 unspecified atom stereocenters. The van der Waals surface area contributed by atoms with Gasteiger partial charge in [0.25, 0.3) is 10.1 Å². The molecule has 266 valence electrons. The summed E-state index contributed by atoms with van der Waals surface area (Å²) in [4.78, 5) is 14.7. The average molecular weight is 746 g/mol. The molecule has 5 aromatic rings. The number of carbonyl (C=O) groups is 1. The van der Waals surface area contributed by atoms with Gasteiger partial charge in [-0.1, -0.05) is 91.0 Å². The normalized spacial score (nSPS) is 11.8. The van der Waals surface area contributed by atoms with E-state index in [0.717, 1.165) is 52.8 Å². The van der Waals surface area contributed by atoms with Crippen LogP contribution in [0.4, 0.5) is 11.4 Å². The molecular weight excluding hydrogens is 706 g/mol. The van der Waals surface area contributed by atoms with Crippen molar-refractivity contribution in [3.63, 3.8) is 0 Å². The number of anilines is 2. The van der Waals surface area contributed by atoms with Crippen LogP contribution in [0.2, 0.25) is 0 Å². The van der Waals surface area contributed by atoms with Gasteiger partial charge in [0.2, 0.25) is 15.3 Å². The quantitative estimate of drug-likeness (QED) is 0.0617. The van der Waals surface area contributed by atoms with Gasteiger partial charge in [0, 0.05) is 43.5 Å². The van der Waals surface area contributed by atoms with Crippen molar-refractivity contribution >= 4 is 48.4 Å². The Bertz CT molecular complexity index is 2060. The van der Waals surface area contributed by atoms with E-state index in [-0.39, 0.29) is 5.56 Å². The van der Waals surface area contributed by atoms with Crippen molar-refractivity contribution in [2.45, 2.75) is 42.6 Å². The Hall–Kier alpha value is -4.52. The summed E-state index contributed by atoms with van der Waals surface area (Å²) in [5.41, 5.74) is 5.89. The van der Waals surface area contributed by atoms with E-state index in [1.54, 1.807) is 0 Å². The fraction of sp³-hybridized carbons (Fsp3) is 0.205. The van der Waals surface area contributed by atoms with Crippen molar-refractivity contribution in [3.05, 3.63) is 155 Å². The van der Waals surface area contributed by atoms with E-state index in [2.05, 4.69) is 47.9 Å². The standard InChI is InChI=1S/C39H40ClN3O6S2/c1-3-42(27-29-11-7-5-8-12-29)33-19-15-31(16-20-33)39(32-17-21-34(22-18-32)43(4-2)28-30-13-9-6-10-14-30)36-24-23-35(25-37(36)51(47,48)49)50(45,46)41-26-38(40)44/h5-25,39,41H,3-4,26-28H2,1-2H3,(H,47,48,49). The zero-order valence-corrected chi connectivity index (χ0v) is 30.7. The summed E-state index contributed by atoms with van der Waals surface area (Å²) in [6.45, 7) is 6.36. The van der Waals surface area contributed by atoms with E-state index >= 15 is 0 Å². The number of benzene rings is 5. The fourth-order valence-corrected chi connectivity index (χ4v) is 8.05. The molecule has 0 aliphatic carbocycles. The van der Waals surface area contributed by atoms with Gasteiger partial charge in [0.15, 0.2) is 0 Å². The minimum Gasteiger partial charge on any atom is -0.367 e. The molecule has 0 aliphatic heterocycles. The molecule has 0 amide bonds. The summed E-state index contributed by atoms with van der Waals surface area (Å²) < 4.78 is 64.3. The lowest BCUT2D eigenvalue weighted by Crippen LogP contribution is -2.28. The molecule has 0 fully saturated rings. The number of hydrogen-bond acceptors (Lipinski definition) is 7. The second-order valence-corrected chi connectivity index (χ2v) is 15.5. The minimum atomic E-state index is -4.93. The molecular formula is C39H40ClN3O6S2. The molecule has 0 radical (unpaired) electrons. The Balaban J connectivity index is 1.59. The molecule has 0 spiro atoms. The first-order valence-corrected chi connectivity index (χ1v) is 19.8. The van der Waals surface area contributed by atoms with Crippen LogP contribution in [-0.2, 0) is 38.0 Å². The Kier molecular flexibility index (Phi) is 12.3. The van der Waals surface area contributed by atoms with Crippen molar-refractivity contribution in [3.8, 4) is 0 Å². The van der Waals surface area contributed by atoms with Gasteiger partial charge < -0.3 is 9.80 Å².